The van der Waals surface area contributed by atoms with Gasteiger partial charge >= 0.3 is 7.60 Å². The topological polar surface area (TPSA) is 140 Å². The molecule has 43 heavy (non-hydrogen) atoms. The largest absolute Gasteiger partial charge is 0.340 e. The van der Waals surface area contributed by atoms with Gasteiger partial charge < -0.3 is 24.9 Å². The average molecular weight is 627 g/mol. The molecule has 5 atom stereocenters. The maximum Gasteiger partial charge on any atom is 0.329 e. The molecule has 1 saturated carbocycles. The van der Waals surface area contributed by atoms with E-state index < -0.39 is 19.7 Å². The molecule has 13 heteroatoms. The van der Waals surface area contributed by atoms with Gasteiger partial charge in [-0.25, -0.2) is 4.39 Å². The van der Waals surface area contributed by atoms with Crippen LogP contribution in [0.5, 0.6) is 0 Å². The summed E-state index contributed by atoms with van der Waals surface area (Å²) in [4.78, 5) is 67.6. The number of hydrogen-bond donors (Lipinski definition) is 3. The Labute approximate surface area is 251 Å². The van der Waals surface area contributed by atoms with E-state index in [-0.39, 0.29) is 41.7 Å². The molecular weight excluding hydrogens is 594 g/mol. The predicted molar refractivity (Wildman–Crippen MR) is 157 cm³/mol. The van der Waals surface area contributed by atoms with E-state index in [2.05, 4.69) is 10.3 Å². The highest BCUT2D eigenvalue weighted by molar-refractivity contribution is 7.50. The molecule has 2 aromatic heterocycles. The first-order valence-electron chi connectivity index (χ1n) is 14.6. The van der Waals surface area contributed by atoms with Crippen LogP contribution in [-0.2, 0) is 20.3 Å². The van der Waals surface area contributed by atoms with E-state index >= 15 is 0 Å². The van der Waals surface area contributed by atoms with Gasteiger partial charge in [0, 0.05) is 47.7 Å². The second-order valence-corrected chi connectivity index (χ2v) is 15.1. The lowest BCUT2D eigenvalue weighted by molar-refractivity contribution is -0.149. The number of fused-ring (bicyclic) bond motifs is 3. The van der Waals surface area contributed by atoms with Crippen LogP contribution >= 0.6 is 18.9 Å². The number of aromatic nitrogens is 1. The van der Waals surface area contributed by atoms with Crippen molar-refractivity contribution in [1.82, 2.24) is 20.1 Å². The van der Waals surface area contributed by atoms with Crippen LogP contribution in [0.3, 0.4) is 0 Å². The van der Waals surface area contributed by atoms with Crippen LogP contribution in [0.15, 0.2) is 42.7 Å². The summed E-state index contributed by atoms with van der Waals surface area (Å²) in [5, 5.41) is 3.68. The third-order valence-corrected chi connectivity index (χ3v) is 11.3. The molecule has 10 nitrogen and oxygen atoms in total. The van der Waals surface area contributed by atoms with Crippen LogP contribution < -0.4 is 5.32 Å². The quantitative estimate of drug-likeness (QED) is 0.355. The van der Waals surface area contributed by atoms with Gasteiger partial charge in [0.2, 0.25) is 11.8 Å². The Morgan fingerprint density at radius 1 is 1.09 bits per heavy atom. The van der Waals surface area contributed by atoms with Gasteiger partial charge in [-0.05, 0) is 79.2 Å². The van der Waals surface area contributed by atoms with Crippen molar-refractivity contribution in [1.29, 1.82) is 0 Å². The van der Waals surface area contributed by atoms with Crippen molar-refractivity contribution in [3.63, 3.8) is 0 Å². The minimum Gasteiger partial charge on any atom is -0.340 e. The number of nitrogens with one attached hydrogen (secondary N) is 1. The Balaban J connectivity index is 1.06. The van der Waals surface area contributed by atoms with Gasteiger partial charge in [-0.3, -0.25) is 23.9 Å². The second kappa shape index (κ2) is 10.8. The molecule has 0 bridgehead atoms. The number of carbonyl (C=O) groups excluding carboxylic acids is 3. The Hall–Kier alpha value is -3.18. The fourth-order valence-corrected chi connectivity index (χ4v) is 8.78. The van der Waals surface area contributed by atoms with E-state index in [9.17, 15) is 33.1 Å². The molecule has 226 valence electrons. The fraction of sp³-hybridized carbons (Fsp3) is 0.467. The molecule has 1 aromatic carbocycles. The fourth-order valence-electron chi connectivity index (χ4n) is 7.16. The highest BCUT2D eigenvalue weighted by Gasteiger charge is 2.52. The smallest absolute Gasteiger partial charge is 0.329 e. The molecule has 3 aromatic rings. The maximum absolute atomic E-state index is 14.2. The van der Waals surface area contributed by atoms with Gasteiger partial charge in [0.25, 0.3) is 5.91 Å². The molecule has 3 amide bonds. The third-order valence-electron chi connectivity index (χ3n) is 9.45. The van der Waals surface area contributed by atoms with Gasteiger partial charge in [-0.15, -0.1) is 11.3 Å². The molecule has 0 spiro atoms. The maximum atomic E-state index is 14.2. The van der Waals surface area contributed by atoms with Gasteiger partial charge in [0.05, 0.1) is 11.0 Å². The molecule has 5 heterocycles. The highest BCUT2D eigenvalue weighted by Crippen LogP contribution is 2.49. The number of benzene rings is 1. The van der Waals surface area contributed by atoms with E-state index in [4.69, 9.17) is 0 Å². The van der Waals surface area contributed by atoms with Crippen molar-refractivity contribution >= 4 is 46.7 Å². The predicted octanol–water partition coefficient (Wildman–Crippen LogP) is 3.63. The molecule has 0 unspecified atom stereocenters. The van der Waals surface area contributed by atoms with Crippen LogP contribution in [0.2, 0.25) is 0 Å². The molecule has 4 aliphatic rings. The Kier molecular flexibility index (Phi) is 7.16. The van der Waals surface area contributed by atoms with Crippen LogP contribution in [0.4, 0.5) is 4.39 Å². The summed E-state index contributed by atoms with van der Waals surface area (Å²) < 4.78 is 26.5. The lowest BCUT2D eigenvalue weighted by Gasteiger charge is -2.43. The number of rotatable bonds is 6. The zero-order valence-electron chi connectivity index (χ0n) is 23.3. The number of nitrogens with zero attached hydrogens (tertiary/aromatic N) is 3. The average Bonchev–Trinajstić information content (AvgIpc) is 3.29. The Morgan fingerprint density at radius 3 is 2.65 bits per heavy atom. The summed E-state index contributed by atoms with van der Waals surface area (Å²) in [5.41, 5.74) is 0.982. The summed E-state index contributed by atoms with van der Waals surface area (Å²) >= 11 is 1.26. The normalized spacial score (nSPS) is 27.2. The molecule has 3 saturated heterocycles. The van der Waals surface area contributed by atoms with Crippen molar-refractivity contribution in [2.75, 3.05) is 13.1 Å². The van der Waals surface area contributed by atoms with Crippen molar-refractivity contribution < 1.29 is 33.1 Å². The number of pyridine rings is 1. The number of likely N-dealkylation sites (tertiary alicyclic amines) is 1. The zero-order valence-corrected chi connectivity index (χ0v) is 25.0. The van der Waals surface area contributed by atoms with E-state index in [0.717, 1.165) is 24.0 Å². The summed E-state index contributed by atoms with van der Waals surface area (Å²) in [6.07, 6.45) is 6.26. The van der Waals surface area contributed by atoms with Crippen molar-refractivity contribution in [2.24, 2.45) is 11.8 Å². The van der Waals surface area contributed by atoms with Crippen LogP contribution in [0.1, 0.15) is 58.8 Å². The van der Waals surface area contributed by atoms with E-state index in [0.29, 0.717) is 59.2 Å². The molecule has 3 N–H and O–H groups in total. The van der Waals surface area contributed by atoms with E-state index in [1.165, 1.54) is 29.8 Å². The first-order valence-corrected chi connectivity index (χ1v) is 17.2. The standard InChI is InChI=1S/C30H32FN4O6PS/c31-23-5-6-32-12-22(23)20-13-34(14-20)30(38)25-3-2-21-9-17-8-18(17)10-24(29(37)35(21)25)33-28(36)27-11-19-7-16(15-42(39,40)41)1-4-26(19)43-27/h1,4-7,11-12,17-18,20-21,24-25H,2-3,8-10,13-15H2,(H,33,36)(H2,39,40,41)/t17-,18+,21+,24-,25-/m0/s1. The first kappa shape index (κ1) is 28.6. The van der Waals surface area contributed by atoms with Crippen LogP contribution in [0, 0.1) is 17.7 Å². The molecule has 4 fully saturated rings. The number of halogens is 1. The first-order chi connectivity index (χ1) is 20.5. The monoisotopic (exact) mass is 626 g/mol. The molecular formula is C30H32FN4O6PS. The third kappa shape index (κ3) is 5.61. The summed E-state index contributed by atoms with van der Waals surface area (Å²) in [6, 6.07) is 6.68. The lowest BCUT2D eigenvalue weighted by atomic mass is 9.91. The number of amides is 3. The summed E-state index contributed by atoms with van der Waals surface area (Å²) in [6.45, 7) is 0.772. The number of carbonyl (C=O) groups is 3. The molecule has 7 rings (SSSR count). The highest BCUT2D eigenvalue weighted by atomic mass is 32.1. The van der Waals surface area contributed by atoms with Gasteiger partial charge in [-0.2, -0.15) is 0 Å². The SMILES string of the molecule is O=C(N[C@H]1C[C@H]2C[C@H]2C[C@H]2CC[C@@H](C(=O)N3CC(c4cnccc4F)C3)N2C1=O)c1cc2cc(CP(=O)(O)O)ccc2s1. The van der Waals surface area contributed by atoms with Crippen LogP contribution in [-0.4, -0.2) is 73.5 Å². The van der Waals surface area contributed by atoms with Crippen LogP contribution in [0.25, 0.3) is 10.1 Å². The Bertz CT molecular complexity index is 1670. The zero-order chi connectivity index (χ0) is 30.0. The molecule has 0 radical (unpaired) electrons. The van der Waals surface area contributed by atoms with E-state index in [1.54, 1.807) is 34.1 Å². The van der Waals surface area contributed by atoms with Gasteiger partial charge in [-0.1, -0.05) is 6.07 Å². The second-order valence-electron chi connectivity index (χ2n) is 12.4. The summed E-state index contributed by atoms with van der Waals surface area (Å²) in [7, 11) is -4.23. The van der Waals surface area contributed by atoms with Gasteiger partial charge in [0.1, 0.15) is 17.9 Å². The molecule has 1 aliphatic carbocycles. The van der Waals surface area contributed by atoms with Gasteiger partial charge in [0.15, 0.2) is 0 Å². The van der Waals surface area contributed by atoms with Crippen molar-refractivity contribution in [3.05, 3.63) is 64.5 Å². The minimum absolute atomic E-state index is 0.0410. The Morgan fingerprint density at radius 2 is 1.88 bits per heavy atom. The number of thiophene rings is 1. The number of hydrogen-bond acceptors (Lipinski definition) is 6. The van der Waals surface area contributed by atoms with E-state index in [1.807, 2.05) is 0 Å². The van der Waals surface area contributed by atoms with Crippen molar-refractivity contribution in [2.45, 2.75) is 62.3 Å². The minimum atomic E-state index is -4.23. The van der Waals surface area contributed by atoms with Crippen molar-refractivity contribution in [3.8, 4) is 0 Å². The summed E-state index contributed by atoms with van der Waals surface area (Å²) in [5.74, 6) is -0.320. The molecule has 3 aliphatic heterocycles. The lowest BCUT2D eigenvalue weighted by Crippen LogP contribution is -2.59.